The second-order valence-electron chi connectivity index (χ2n) is 6.16. The minimum Gasteiger partial charge on any atom is -0.361 e. The summed E-state index contributed by atoms with van der Waals surface area (Å²) in [5.41, 5.74) is 2.58. The van der Waals surface area contributed by atoms with Crippen LogP contribution in [-0.2, 0) is 19.4 Å². The second-order valence-corrected chi connectivity index (χ2v) is 7.36. The molecule has 0 spiro atoms. The number of aromatic nitrogens is 2. The van der Waals surface area contributed by atoms with E-state index in [-0.39, 0.29) is 0 Å². The first-order valence-corrected chi connectivity index (χ1v) is 10.1. The molecule has 0 aliphatic carbocycles. The molecule has 0 saturated carbocycles. The van der Waals surface area contributed by atoms with Gasteiger partial charge in [-0.25, -0.2) is 9.98 Å². The largest absolute Gasteiger partial charge is 0.361 e. The third kappa shape index (κ3) is 4.85. The Morgan fingerprint density at radius 1 is 1.23 bits per heavy atom. The van der Waals surface area contributed by atoms with Gasteiger partial charge in [-0.2, -0.15) is 0 Å². The highest BCUT2D eigenvalue weighted by atomic mass is 32.1. The molecule has 0 atom stereocenters. The maximum atomic E-state index is 4.65. The van der Waals surface area contributed by atoms with Crippen molar-refractivity contribution >= 4 is 28.2 Å². The molecule has 26 heavy (non-hydrogen) atoms. The van der Waals surface area contributed by atoms with Crippen LogP contribution in [0.4, 0.5) is 0 Å². The highest BCUT2D eigenvalue weighted by Gasteiger charge is 2.04. The number of aryl methyl sites for hydroxylation is 2. The lowest BCUT2D eigenvalue weighted by molar-refractivity contribution is 0.745. The van der Waals surface area contributed by atoms with Crippen LogP contribution in [0.3, 0.4) is 0 Å². The first kappa shape index (κ1) is 18.5. The number of aliphatic imine (C=N–C) groups is 1. The first-order valence-electron chi connectivity index (χ1n) is 9.31. The van der Waals surface area contributed by atoms with E-state index in [2.05, 4.69) is 69.9 Å². The van der Waals surface area contributed by atoms with Gasteiger partial charge in [-0.05, 0) is 37.8 Å². The molecule has 0 unspecified atom stereocenters. The Morgan fingerprint density at radius 2 is 2.12 bits per heavy atom. The highest BCUT2D eigenvalue weighted by molar-refractivity contribution is 7.11. The van der Waals surface area contributed by atoms with Crippen molar-refractivity contribution in [2.24, 2.45) is 4.99 Å². The van der Waals surface area contributed by atoms with Crippen LogP contribution in [0.2, 0.25) is 0 Å². The van der Waals surface area contributed by atoms with Crippen molar-refractivity contribution in [2.75, 3.05) is 13.1 Å². The van der Waals surface area contributed by atoms with Gasteiger partial charge in [-0.3, -0.25) is 0 Å². The van der Waals surface area contributed by atoms with Gasteiger partial charge in [0.15, 0.2) is 5.96 Å². The highest BCUT2D eigenvalue weighted by Crippen LogP contribution is 2.18. The van der Waals surface area contributed by atoms with Crippen molar-refractivity contribution in [1.29, 1.82) is 0 Å². The average molecular weight is 370 g/mol. The summed E-state index contributed by atoms with van der Waals surface area (Å²) in [6.07, 6.45) is 7.22. The summed E-state index contributed by atoms with van der Waals surface area (Å²) in [7, 11) is 0. The topological polar surface area (TPSA) is 65.1 Å². The Labute approximate surface area is 159 Å². The second kappa shape index (κ2) is 9.38. The van der Waals surface area contributed by atoms with Crippen molar-refractivity contribution in [3.63, 3.8) is 0 Å². The minimum atomic E-state index is 0.627. The molecule has 3 N–H and O–H groups in total. The van der Waals surface area contributed by atoms with Crippen LogP contribution in [0.15, 0.2) is 41.7 Å². The lowest BCUT2D eigenvalue weighted by atomic mass is 10.1. The van der Waals surface area contributed by atoms with E-state index in [0.717, 1.165) is 43.3 Å². The molecule has 0 aliphatic rings. The van der Waals surface area contributed by atoms with Gasteiger partial charge in [0.1, 0.15) is 5.01 Å². The van der Waals surface area contributed by atoms with Crippen molar-refractivity contribution in [3.8, 4) is 0 Å². The molecule has 3 aromatic rings. The monoisotopic (exact) mass is 369 g/mol. The van der Waals surface area contributed by atoms with E-state index >= 15 is 0 Å². The lowest BCUT2D eigenvalue weighted by Gasteiger charge is -2.10. The summed E-state index contributed by atoms with van der Waals surface area (Å²) in [5, 5.41) is 9.12. The molecule has 0 fully saturated rings. The summed E-state index contributed by atoms with van der Waals surface area (Å²) in [5.74, 6) is 0.861. The van der Waals surface area contributed by atoms with Crippen molar-refractivity contribution in [2.45, 2.75) is 39.7 Å². The summed E-state index contributed by atoms with van der Waals surface area (Å²) in [6.45, 7) is 6.61. The van der Waals surface area contributed by atoms with Crippen molar-refractivity contribution < 1.29 is 0 Å². The van der Waals surface area contributed by atoms with E-state index in [1.165, 1.54) is 21.3 Å². The quantitative estimate of drug-likeness (QED) is 0.321. The molecule has 0 aliphatic heterocycles. The van der Waals surface area contributed by atoms with E-state index in [9.17, 15) is 0 Å². The first-order chi connectivity index (χ1) is 12.8. The molecule has 2 aromatic heterocycles. The summed E-state index contributed by atoms with van der Waals surface area (Å²) in [6, 6.07) is 8.46. The Hall–Kier alpha value is -2.34. The van der Waals surface area contributed by atoms with Crippen LogP contribution in [0.25, 0.3) is 10.9 Å². The zero-order chi connectivity index (χ0) is 18.2. The summed E-state index contributed by atoms with van der Waals surface area (Å²) < 4.78 is 0. The Kier molecular flexibility index (Phi) is 6.66. The standard InChI is InChI=1S/C20H27N5S/c1-3-16-13-24-19(26-16)14-25-20(21-4-2)22-11-7-8-15-12-23-18-10-6-5-9-17(15)18/h5-6,9-10,12-13,23H,3-4,7-8,11,14H2,1-2H3,(H2,21,22,25). The number of guanidine groups is 1. The van der Waals surface area contributed by atoms with Gasteiger partial charge in [0, 0.05) is 41.3 Å². The number of thiazole rings is 1. The number of nitrogens with zero attached hydrogens (tertiary/aromatic N) is 2. The maximum Gasteiger partial charge on any atom is 0.191 e. The SMILES string of the molecule is CCNC(=NCc1ncc(CC)s1)NCCCc1c[nH]c2ccccc12. The molecular formula is C20H27N5S. The smallest absolute Gasteiger partial charge is 0.191 e. The fraction of sp³-hybridized carbons (Fsp3) is 0.400. The van der Waals surface area contributed by atoms with Crippen LogP contribution in [0, 0.1) is 0 Å². The normalized spacial score (nSPS) is 11.8. The van der Waals surface area contributed by atoms with Crippen LogP contribution in [0.5, 0.6) is 0 Å². The molecular weight excluding hydrogens is 342 g/mol. The third-order valence-electron chi connectivity index (χ3n) is 4.26. The number of H-pyrrole nitrogens is 1. The third-order valence-corrected chi connectivity index (χ3v) is 5.38. The predicted octanol–water partition coefficient (Wildman–Crippen LogP) is 3.87. The van der Waals surface area contributed by atoms with Gasteiger partial charge < -0.3 is 15.6 Å². The van der Waals surface area contributed by atoms with Gasteiger partial charge in [0.2, 0.25) is 0 Å². The number of benzene rings is 1. The number of aromatic amines is 1. The average Bonchev–Trinajstić information content (AvgIpc) is 3.30. The molecule has 138 valence electrons. The van der Waals surface area contributed by atoms with Crippen LogP contribution >= 0.6 is 11.3 Å². The number of rotatable bonds is 8. The van der Waals surface area contributed by atoms with Gasteiger partial charge in [-0.1, -0.05) is 25.1 Å². The van der Waals surface area contributed by atoms with E-state index < -0.39 is 0 Å². The number of nitrogens with one attached hydrogen (secondary N) is 3. The number of hydrogen-bond donors (Lipinski definition) is 3. The predicted molar refractivity (Wildman–Crippen MR) is 111 cm³/mol. The zero-order valence-electron chi connectivity index (χ0n) is 15.5. The van der Waals surface area contributed by atoms with Gasteiger partial charge in [0.25, 0.3) is 0 Å². The molecule has 0 amide bonds. The fourth-order valence-corrected chi connectivity index (χ4v) is 3.68. The van der Waals surface area contributed by atoms with Gasteiger partial charge in [0.05, 0.1) is 6.54 Å². The Bertz CT molecular complexity index is 849. The van der Waals surface area contributed by atoms with Gasteiger partial charge >= 0.3 is 0 Å². The molecule has 0 saturated heterocycles. The molecule has 2 heterocycles. The van der Waals surface area contributed by atoms with Crippen LogP contribution in [0.1, 0.15) is 35.7 Å². The molecule has 5 nitrogen and oxygen atoms in total. The van der Waals surface area contributed by atoms with Crippen LogP contribution < -0.4 is 10.6 Å². The zero-order valence-corrected chi connectivity index (χ0v) is 16.3. The molecule has 6 heteroatoms. The van der Waals surface area contributed by atoms with E-state index in [1.54, 1.807) is 11.3 Å². The Balaban J connectivity index is 1.49. The number of hydrogen-bond acceptors (Lipinski definition) is 3. The van der Waals surface area contributed by atoms with E-state index in [0.29, 0.717) is 6.54 Å². The molecule has 0 radical (unpaired) electrons. The molecule has 1 aromatic carbocycles. The Morgan fingerprint density at radius 3 is 2.92 bits per heavy atom. The molecule has 3 rings (SSSR count). The minimum absolute atomic E-state index is 0.627. The number of fused-ring (bicyclic) bond motifs is 1. The van der Waals surface area contributed by atoms with Crippen LogP contribution in [-0.4, -0.2) is 29.0 Å². The lowest BCUT2D eigenvalue weighted by Crippen LogP contribution is -2.37. The van der Waals surface area contributed by atoms with Gasteiger partial charge in [-0.15, -0.1) is 11.3 Å². The summed E-state index contributed by atoms with van der Waals surface area (Å²) >= 11 is 1.74. The maximum absolute atomic E-state index is 4.65. The fourth-order valence-electron chi connectivity index (χ4n) is 2.90. The number of para-hydroxylation sites is 1. The summed E-state index contributed by atoms with van der Waals surface area (Å²) in [4.78, 5) is 13.7. The van der Waals surface area contributed by atoms with E-state index in [1.807, 2.05) is 6.20 Å². The van der Waals surface area contributed by atoms with E-state index in [4.69, 9.17) is 0 Å². The van der Waals surface area contributed by atoms with Crippen molar-refractivity contribution in [3.05, 3.63) is 52.1 Å². The van der Waals surface area contributed by atoms with Crippen molar-refractivity contribution in [1.82, 2.24) is 20.6 Å². The molecule has 0 bridgehead atoms.